The van der Waals surface area contributed by atoms with Gasteiger partial charge in [-0.15, -0.1) is 10.2 Å². The van der Waals surface area contributed by atoms with Gasteiger partial charge in [0.25, 0.3) is 11.7 Å². The maximum atomic E-state index is 12.9. The Morgan fingerprint density at radius 2 is 2.03 bits per heavy atom. The van der Waals surface area contributed by atoms with Crippen LogP contribution in [-0.4, -0.2) is 44.4 Å². The maximum Gasteiger partial charge on any atom is 0.453 e. The summed E-state index contributed by atoms with van der Waals surface area (Å²) in [5, 5.41) is 12.0. The molecule has 0 aliphatic carbocycles. The summed E-state index contributed by atoms with van der Waals surface area (Å²) >= 11 is 0.737. The van der Waals surface area contributed by atoms with Crippen LogP contribution in [0.3, 0.4) is 0 Å². The first kappa shape index (κ1) is 21.7. The average molecular weight is 466 g/mol. The molecule has 168 valence electrons. The Balaban J connectivity index is 1.54. The van der Waals surface area contributed by atoms with Crippen molar-refractivity contribution in [2.45, 2.75) is 23.8 Å². The lowest BCUT2D eigenvalue weighted by atomic mass is 10.0. The molecule has 0 saturated heterocycles. The van der Waals surface area contributed by atoms with Crippen LogP contribution in [0.25, 0.3) is 0 Å². The molecular weight excluding hydrogens is 449 g/mol. The molecule has 2 N–H and O–H groups in total. The van der Waals surface area contributed by atoms with Crippen molar-refractivity contribution in [3.05, 3.63) is 59.8 Å². The molecule has 0 fully saturated rings. The number of furan rings is 1. The Bertz CT molecular complexity index is 1130. The third kappa shape index (κ3) is 4.28. The number of alkyl halides is 3. The quantitative estimate of drug-likeness (QED) is 0.439. The second-order valence-electron chi connectivity index (χ2n) is 6.71. The third-order valence-corrected chi connectivity index (χ3v) is 5.63. The van der Waals surface area contributed by atoms with Crippen molar-refractivity contribution < 1.29 is 27.1 Å². The first-order valence-electron chi connectivity index (χ1n) is 9.25. The molecule has 0 saturated carbocycles. The molecule has 0 spiro atoms. The van der Waals surface area contributed by atoms with Crippen molar-refractivity contribution in [1.29, 1.82) is 0 Å². The molecule has 32 heavy (non-hydrogen) atoms. The number of nitrogens with zero attached hydrogens (tertiary/aromatic N) is 5. The molecule has 0 unspecified atom stereocenters. The molecule has 1 aliphatic rings. The molecule has 9 nitrogen and oxygen atoms in total. The number of halogens is 3. The lowest BCUT2D eigenvalue weighted by molar-refractivity contribution is -0.146. The van der Waals surface area contributed by atoms with E-state index < -0.39 is 23.9 Å². The zero-order valence-corrected chi connectivity index (χ0v) is 17.4. The number of nitrogens with two attached hydrogens (primary N) is 1. The lowest BCUT2D eigenvalue weighted by Gasteiger charge is -2.19. The summed E-state index contributed by atoms with van der Waals surface area (Å²) in [5.74, 6) is 4.61. The number of thioether (sulfide) groups is 1. The molecule has 0 bridgehead atoms. The van der Waals surface area contributed by atoms with E-state index in [0.29, 0.717) is 28.3 Å². The second kappa shape index (κ2) is 8.57. The second-order valence-corrected chi connectivity index (χ2v) is 7.65. The van der Waals surface area contributed by atoms with Gasteiger partial charge in [0.15, 0.2) is 0 Å². The van der Waals surface area contributed by atoms with Crippen molar-refractivity contribution in [3.8, 4) is 5.75 Å². The Morgan fingerprint density at radius 3 is 2.62 bits per heavy atom. The summed E-state index contributed by atoms with van der Waals surface area (Å²) in [6.45, 7) is 0. The number of nitrogen functional groups attached to an aromatic ring is 1. The van der Waals surface area contributed by atoms with Gasteiger partial charge in [-0.3, -0.25) is 4.79 Å². The van der Waals surface area contributed by atoms with Gasteiger partial charge in [-0.2, -0.15) is 18.3 Å². The standard InChI is InChI=1S/C19H17F3N6O3S/c1-30-12-6-4-11(5-7-12)13-9-14(15-3-2-8-31-15)28(26-13)16(29)10-32-18-25-24-17(27(18)23)19(20,21)22/h2-8,14H,9-10,23H2,1H3/t14-/m0/s1. The van der Waals surface area contributed by atoms with Crippen LogP contribution in [0.5, 0.6) is 5.75 Å². The number of methoxy groups -OCH3 is 1. The van der Waals surface area contributed by atoms with E-state index in [1.54, 1.807) is 31.4 Å². The van der Waals surface area contributed by atoms with Crippen molar-refractivity contribution in [1.82, 2.24) is 19.9 Å². The molecule has 1 amide bonds. The van der Waals surface area contributed by atoms with Crippen LogP contribution in [0.1, 0.15) is 29.6 Å². The number of amides is 1. The van der Waals surface area contributed by atoms with E-state index in [0.717, 1.165) is 17.3 Å². The third-order valence-electron chi connectivity index (χ3n) is 4.70. The highest BCUT2D eigenvalue weighted by Gasteiger charge is 2.39. The van der Waals surface area contributed by atoms with E-state index in [9.17, 15) is 18.0 Å². The van der Waals surface area contributed by atoms with E-state index in [-0.39, 0.29) is 10.9 Å². The molecule has 3 heterocycles. The van der Waals surface area contributed by atoms with Crippen LogP contribution in [0.4, 0.5) is 13.2 Å². The van der Waals surface area contributed by atoms with Gasteiger partial charge in [-0.05, 0) is 42.0 Å². The highest BCUT2D eigenvalue weighted by atomic mass is 32.2. The summed E-state index contributed by atoms with van der Waals surface area (Å²) in [6, 6.07) is 10.2. The van der Waals surface area contributed by atoms with Crippen LogP contribution in [0.2, 0.25) is 0 Å². The largest absolute Gasteiger partial charge is 0.497 e. The molecule has 13 heteroatoms. The van der Waals surface area contributed by atoms with Crippen LogP contribution in [0, 0.1) is 0 Å². The van der Waals surface area contributed by atoms with Gasteiger partial charge in [-0.1, -0.05) is 11.8 Å². The Labute approximate surface area is 184 Å². The van der Waals surface area contributed by atoms with E-state index in [4.69, 9.17) is 15.0 Å². The molecule has 1 atom stereocenters. The van der Waals surface area contributed by atoms with Gasteiger partial charge in [0.2, 0.25) is 5.16 Å². The maximum absolute atomic E-state index is 12.9. The van der Waals surface area contributed by atoms with E-state index in [1.165, 1.54) is 11.3 Å². The van der Waals surface area contributed by atoms with Gasteiger partial charge in [0, 0.05) is 6.42 Å². The smallest absolute Gasteiger partial charge is 0.453 e. The van der Waals surface area contributed by atoms with Gasteiger partial charge in [0.1, 0.15) is 17.6 Å². The normalized spacial score (nSPS) is 16.3. The molecule has 1 aliphatic heterocycles. The molecule has 4 rings (SSSR count). The summed E-state index contributed by atoms with van der Waals surface area (Å²) < 4.78 is 49.5. The van der Waals surface area contributed by atoms with Crippen LogP contribution < -0.4 is 10.6 Å². The first-order valence-corrected chi connectivity index (χ1v) is 10.2. The topological polar surface area (TPSA) is 112 Å². The number of benzene rings is 1. The summed E-state index contributed by atoms with van der Waals surface area (Å²) in [6.07, 6.45) is -2.85. The minimum absolute atomic E-state index is 0.237. The van der Waals surface area contributed by atoms with E-state index in [1.807, 2.05) is 12.1 Å². The van der Waals surface area contributed by atoms with Crippen molar-refractivity contribution in [2.24, 2.45) is 5.10 Å². The molecule has 3 aromatic rings. The predicted molar refractivity (Wildman–Crippen MR) is 108 cm³/mol. The van der Waals surface area contributed by atoms with Gasteiger partial charge in [-0.25, -0.2) is 9.69 Å². The van der Waals surface area contributed by atoms with Gasteiger partial charge < -0.3 is 15.0 Å². The summed E-state index contributed by atoms with van der Waals surface area (Å²) in [7, 11) is 1.56. The minimum Gasteiger partial charge on any atom is -0.497 e. The Morgan fingerprint density at radius 1 is 1.28 bits per heavy atom. The number of rotatable bonds is 6. The zero-order chi connectivity index (χ0) is 22.9. The Hall–Kier alpha value is -3.48. The summed E-state index contributed by atoms with van der Waals surface area (Å²) in [4.78, 5) is 12.9. The van der Waals surface area contributed by atoms with E-state index in [2.05, 4.69) is 15.3 Å². The fourth-order valence-electron chi connectivity index (χ4n) is 3.16. The van der Waals surface area contributed by atoms with E-state index >= 15 is 0 Å². The predicted octanol–water partition coefficient (Wildman–Crippen LogP) is 3.08. The number of carbonyl (C=O) groups excluding carboxylic acids is 1. The van der Waals surface area contributed by atoms with Crippen molar-refractivity contribution in [3.63, 3.8) is 0 Å². The molecule has 1 aromatic carbocycles. The van der Waals surface area contributed by atoms with Crippen LogP contribution in [-0.2, 0) is 11.0 Å². The highest BCUT2D eigenvalue weighted by Crippen LogP contribution is 2.34. The fraction of sp³-hybridized carbons (Fsp3) is 0.263. The van der Waals surface area contributed by atoms with Gasteiger partial charge >= 0.3 is 6.18 Å². The number of hydrogen-bond acceptors (Lipinski definition) is 8. The number of ether oxygens (including phenoxy) is 1. The SMILES string of the molecule is COc1ccc(C2=NN(C(=O)CSc3nnc(C(F)(F)F)n3N)[C@H](c3ccco3)C2)cc1. The number of carbonyl (C=O) groups is 1. The van der Waals surface area contributed by atoms with Crippen molar-refractivity contribution >= 4 is 23.4 Å². The number of hydrazone groups is 1. The minimum atomic E-state index is -4.75. The number of aromatic nitrogens is 3. The first-order chi connectivity index (χ1) is 15.3. The van der Waals surface area contributed by atoms with Gasteiger partial charge in [0.05, 0.1) is 24.8 Å². The molecular formula is C19H17F3N6O3S. The van der Waals surface area contributed by atoms with Crippen molar-refractivity contribution in [2.75, 3.05) is 18.7 Å². The highest BCUT2D eigenvalue weighted by molar-refractivity contribution is 7.99. The van der Waals surface area contributed by atoms with Crippen LogP contribution >= 0.6 is 11.8 Å². The Kier molecular flexibility index (Phi) is 5.82. The monoisotopic (exact) mass is 466 g/mol. The average Bonchev–Trinajstić information content (AvgIpc) is 3.51. The molecule has 2 aromatic heterocycles. The van der Waals surface area contributed by atoms with Crippen LogP contribution in [0.15, 0.2) is 57.3 Å². The molecule has 0 radical (unpaired) electrons. The fourth-order valence-corrected chi connectivity index (χ4v) is 3.87. The number of hydrogen-bond donors (Lipinski definition) is 1. The lowest BCUT2D eigenvalue weighted by Crippen LogP contribution is -2.28. The summed E-state index contributed by atoms with van der Waals surface area (Å²) in [5.41, 5.74) is 1.47. The zero-order valence-electron chi connectivity index (χ0n) is 16.6.